The number of aromatic nitrogens is 1. The van der Waals surface area contributed by atoms with Gasteiger partial charge in [-0.05, 0) is 17.7 Å². The zero-order chi connectivity index (χ0) is 11.8. The number of ether oxygens (including phenoxy) is 1. The Balaban J connectivity index is 2.52. The van der Waals surface area contributed by atoms with E-state index in [4.69, 9.17) is 9.84 Å². The van der Waals surface area contributed by atoms with Gasteiger partial charge in [0.1, 0.15) is 0 Å². The van der Waals surface area contributed by atoms with E-state index in [-0.39, 0.29) is 6.54 Å². The van der Waals surface area contributed by atoms with Crippen molar-refractivity contribution in [3.63, 3.8) is 0 Å². The smallest absolute Gasteiger partial charge is 0.317 e. The van der Waals surface area contributed by atoms with E-state index in [9.17, 15) is 4.79 Å². The third-order valence-corrected chi connectivity index (χ3v) is 2.13. The summed E-state index contributed by atoms with van der Waals surface area (Å²) in [7, 11) is 1.60. The first-order valence-corrected chi connectivity index (χ1v) is 5.04. The molecule has 5 heteroatoms. The summed E-state index contributed by atoms with van der Waals surface area (Å²) in [5.41, 5.74) is 1.05. The molecular formula is C11H16N2O3. The molecule has 0 spiro atoms. The Bertz CT molecular complexity index is 316. The van der Waals surface area contributed by atoms with Crippen molar-refractivity contribution in [2.75, 3.05) is 26.8 Å². The SMILES string of the molecule is COCCN(CC(=O)O)Cc1ccncc1. The van der Waals surface area contributed by atoms with Crippen LogP contribution in [0.5, 0.6) is 0 Å². The van der Waals surface area contributed by atoms with Crippen LogP contribution in [0.15, 0.2) is 24.5 Å². The Morgan fingerprint density at radius 3 is 2.75 bits per heavy atom. The first-order valence-electron chi connectivity index (χ1n) is 5.04. The van der Waals surface area contributed by atoms with E-state index >= 15 is 0 Å². The maximum Gasteiger partial charge on any atom is 0.317 e. The van der Waals surface area contributed by atoms with Crippen molar-refractivity contribution in [2.24, 2.45) is 0 Å². The molecule has 1 rings (SSSR count). The van der Waals surface area contributed by atoms with Crippen LogP contribution >= 0.6 is 0 Å². The van der Waals surface area contributed by atoms with Crippen molar-refractivity contribution in [3.05, 3.63) is 30.1 Å². The molecule has 1 N–H and O–H groups in total. The highest BCUT2D eigenvalue weighted by Gasteiger charge is 2.09. The van der Waals surface area contributed by atoms with E-state index in [1.165, 1.54) is 0 Å². The molecule has 0 aliphatic carbocycles. The highest BCUT2D eigenvalue weighted by Crippen LogP contribution is 2.02. The number of carboxylic acid groups (broad SMARTS) is 1. The van der Waals surface area contributed by atoms with E-state index < -0.39 is 5.97 Å². The van der Waals surface area contributed by atoms with Crippen LogP contribution in [-0.2, 0) is 16.1 Å². The fourth-order valence-electron chi connectivity index (χ4n) is 1.37. The first kappa shape index (κ1) is 12.6. The molecule has 0 aromatic carbocycles. The van der Waals surface area contributed by atoms with Crippen molar-refractivity contribution >= 4 is 5.97 Å². The number of hydrogen-bond acceptors (Lipinski definition) is 4. The number of rotatable bonds is 7. The van der Waals surface area contributed by atoms with E-state index in [0.717, 1.165) is 5.56 Å². The minimum Gasteiger partial charge on any atom is -0.480 e. The summed E-state index contributed by atoms with van der Waals surface area (Å²) < 4.78 is 4.94. The predicted octanol–water partition coefficient (Wildman–Crippen LogP) is 0.615. The van der Waals surface area contributed by atoms with E-state index in [1.807, 2.05) is 17.0 Å². The van der Waals surface area contributed by atoms with Gasteiger partial charge in [-0.25, -0.2) is 0 Å². The fraction of sp³-hybridized carbons (Fsp3) is 0.455. The molecule has 0 saturated heterocycles. The van der Waals surface area contributed by atoms with E-state index in [0.29, 0.717) is 19.7 Å². The molecule has 5 nitrogen and oxygen atoms in total. The van der Waals surface area contributed by atoms with Crippen molar-refractivity contribution < 1.29 is 14.6 Å². The van der Waals surface area contributed by atoms with Gasteiger partial charge in [0, 0.05) is 32.6 Å². The Labute approximate surface area is 94.7 Å². The minimum absolute atomic E-state index is 0.0195. The average molecular weight is 224 g/mol. The van der Waals surface area contributed by atoms with Crippen LogP contribution in [0.4, 0.5) is 0 Å². The topological polar surface area (TPSA) is 62.7 Å². The molecule has 0 amide bonds. The highest BCUT2D eigenvalue weighted by atomic mass is 16.5. The molecule has 88 valence electrons. The maximum atomic E-state index is 10.7. The van der Waals surface area contributed by atoms with Gasteiger partial charge in [0.15, 0.2) is 0 Å². The van der Waals surface area contributed by atoms with Crippen molar-refractivity contribution in [1.82, 2.24) is 9.88 Å². The molecule has 16 heavy (non-hydrogen) atoms. The second-order valence-electron chi connectivity index (χ2n) is 3.45. The van der Waals surface area contributed by atoms with Crippen LogP contribution in [0.25, 0.3) is 0 Å². The number of aliphatic carboxylic acids is 1. The molecule has 1 aromatic rings. The highest BCUT2D eigenvalue weighted by molar-refractivity contribution is 5.69. The molecule has 0 bridgehead atoms. The summed E-state index contributed by atoms with van der Waals surface area (Å²) in [6.07, 6.45) is 3.40. The van der Waals surface area contributed by atoms with Gasteiger partial charge < -0.3 is 9.84 Å². The Morgan fingerprint density at radius 2 is 2.19 bits per heavy atom. The lowest BCUT2D eigenvalue weighted by molar-refractivity contribution is -0.138. The summed E-state index contributed by atoms with van der Waals surface area (Å²) >= 11 is 0. The van der Waals surface area contributed by atoms with Crippen molar-refractivity contribution in [2.45, 2.75) is 6.54 Å². The third-order valence-electron chi connectivity index (χ3n) is 2.13. The predicted molar refractivity (Wildman–Crippen MR) is 59.0 cm³/mol. The van der Waals surface area contributed by atoms with Crippen LogP contribution in [0.1, 0.15) is 5.56 Å². The molecule has 0 radical (unpaired) electrons. The number of hydrogen-bond donors (Lipinski definition) is 1. The summed E-state index contributed by atoms with van der Waals surface area (Å²) in [6.45, 7) is 1.74. The number of methoxy groups -OCH3 is 1. The fourth-order valence-corrected chi connectivity index (χ4v) is 1.37. The number of nitrogens with zero attached hydrogens (tertiary/aromatic N) is 2. The lowest BCUT2D eigenvalue weighted by atomic mass is 10.2. The quantitative estimate of drug-likeness (QED) is 0.735. The Morgan fingerprint density at radius 1 is 1.50 bits per heavy atom. The molecule has 0 aliphatic rings. The minimum atomic E-state index is -0.829. The van der Waals surface area contributed by atoms with E-state index in [1.54, 1.807) is 19.5 Å². The Kier molecular flexibility index (Phi) is 5.45. The largest absolute Gasteiger partial charge is 0.480 e. The summed E-state index contributed by atoms with van der Waals surface area (Å²) in [6, 6.07) is 3.75. The molecule has 1 aromatic heterocycles. The molecule has 0 aliphatic heterocycles. The first-order chi connectivity index (χ1) is 7.72. The molecule has 0 saturated carbocycles. The lowest BCUT2D eigenvalue weighted by Crippen LogP contribution is -2.32. The van der Waals surface area contributed by atoms with Crippen LogP contribution in [0.2, 0.25) is 0 Å². The second-order valence-corrected chi connectivity index (χ2v) is 3.45. The van der Waals surface area contributed by atoms with Gasteiger partial charge in [0.2, 0.25) is 0 Å². The van der Waals surface area contributed by atoms with Crippen LogP contribution in [0.3, 0.4) is 0 Å². The molecule has 1 heterocycles. The normalized spacial score (nSPS) is 10.6. The van der Waals surface area contributed by atoms with Crippen LogP contribution in [0, 0.1) is 0 Å². The molecule has 0 unspecified atom stereocenters. The maximum absolute atomic E-state index is 10.7. The van der Waals surface area contributed by atoms with Crippen LogP contribution < -0.4 is 0 Å². The van der Waals surface area contributed by atoms with E-state index in [2.05, 4.69) is 4.98 Å². The lowest BCUT2D eigenvalue weighted by Gasteiger charge is -2.19. The van der Waals surface area contributed by atoms with Gasteiger partial charge >= 0.3 is 5.97 Å². The van der Waals surface area contributed by atoms with Gasteiger partial charge in [-0.1, -0.05) is 0 Å². The molecule has 0 fully saturated rings. The zero-order valence-corrected chi connectivity index (χ0v) is 9.30. The van der Waals surface area contributed by atoms with Gasteiger partial charge in [-0.2, -0.15) is 0 Å². The zero-order valence-electron chi connectivity index (χ0n) is 9.30. The van der Waals surface area contributed by atoms with Gasteiger partial charge in [0.05, 0.1) is 13.2 Å². The van der Waals surface area contributed by atoms with Gasteiger partial charge in [-0.3, -0.25) is 14.7 Å². The average Bonchev–Trinajstić information content (AvgIpc) is 2.26. The Hall–Kier alpha value is -1.46. The van der Waals surface area contributed by atoms with Gasteiger partial charge in [0.25, 0.3) is 0 Å². The monoisotopic (exact) mass is 224 g/mol. The number of carbonyl (C=O) groups is 1. The van der Waals surface area contributed by atoms with Crippen molar-refractivity contribution in [3.8, 4) is 0 Å². The van der Waals surface area contributed by atoms with Crippen LogP contribution in [-0.4, -0.2) is 47.8 Å². The summed E-state index contributed by atoms with van der Waals surface area (Å²) in [5.74, 6) is -0.829. The molecular weight excluding hydrogens is 208 g/mol. The summed E-state index contributed by atoms with van der Waals surface area (Å²) in [5, 5.41) is 8.77. The number of carboxylic acids is 1. The van der Waals surface area contributed by atoms with Gasteiger partial charge in [-0.15, -0.1) is 0 Å². The molecule has 0 atom stereocenters. The number of pyridine rings is 1. The van der Waals surface area contributed by atoms with Crippen molar-refractivity contribution in [1.29, 1.82) is 0 Å². The second kappa shape index (κ2) is 6.92. The standard InChI is InChI=1S/C11H16N2O3/c1-16-7-6-13(9-11(14)15)8-10-2-4-12-5-3-10/h2-5H,6-9H2,1H3,(H,14,15). The summed E-state index contributed by atoms with van der Waals surface area (Å²) in [4.78, 5) is 16.4. The third kappa shape index (κ3) is 4.86.